The fourth-order valence-electron chi connectivity index (χ4n) is 1.25. The summed E-state index contributed by atoms with van der Waals surface area (Å²) in [5.74, 6) is -0.222. The second kappa shape index (κ2) is 3.83. The summed E-state index contributed by atoms with van der Waals surface area (Å²) < 4.78 is 6.81. The monoisotopic (exact) mass is 288 g/mol. The molecule has 2 aromatic rings. The quantitative estimate of drug-likeness (QED) is 0.799. The van der Waals surface area contributed by atoms with Crippen LogP contribution in [-0.2, 0) is 7.05 Å². The molecular weight excluding hydrogens is 283 g/mol. The second-order valence-corrected chi connectivity index (χ2v) is 4.03. The maximum absolute atomic E-state index is 12.0. The summed E-state index contributed by atoms with van der Waals surface area (Å²) in [6.45, 7) is 0. The standard InChI is InChI=1S/C9H6BrClN2O2/c1-13-7(6(11)4-12-13)8(14)5-2-3-15-9(5)10/h2-4H,1H3. The Bertz CT molecular complexity index is 498. The highest BCUT2D eigenvalue weighted by Crippen LogP contribution is 2.24. The third kappa shape index (κ3) is 1.72. The van der Waals surface area contributed by atoms with Gasteiger partial charge in [-0.2, -0.15) is 5.10 Å². The van der Waals surface area contributed by atoms with E-state index in [1.807, 2.05) is 0 Å². The molecule has 78 valence electrons. The van der Waals surface area contributed by atoms with E-state index in [0.29, 0.717) is 20.9 Å². The van der Waals surface area contributed by atoms with Gasteiger partial charge in [0.1, 0.15) is 5.69 Å². The molecule has 0 aliphatic carbocycles. The van der Waals surface area contributed by atoms with Gasteiger partial charge in [0.2, 0.25) is 5.78 Å². The summed E-state index contributed by atoms with van der Waals surface area (Å²) in [6.07, 6.45) is 2.87. The lowest BCUT2D eigenvalue weighted by molar-refractivity contribution is 0.102. The van der Waals surface area contributed by atoms with Gasteiger partial charge in [-0.05, 0) is 22.0 Å². The van der Waals surface area contributed by atoms with Crippen molar-refractivity contribution in [1.82, 2.24) is 9.78 Å². The Labute approximate surface area is 99.0 Å². The van der Waals surface area contributed by atoms with Crippen LogP contribution in [0.1, 0.15) is 16.1 Å². The molecule has 0 aliphatic rings. The largest absolute Gasteiger partial charge is 0.457 e. The summed E-state index contributed by atoms with van der Waals surface area (Å²) in [5.41, 5.74) is 0.777. The Morgan fingerprint density at radius 1 is 1.67 bits per heavy atom. The van der Waals surface area contributed by atoms with Gasteiger partial charge in [-0.1, -0.05) is 11.6 Å². The first-order valence-electron chi connectivity index (χ1n) is 4.06. The van der Waals surface area contributed by atoms with Crippen LogP contribution in [0.25, 0.3) is 0 Å². The smallest absolute Gasteiger partial charge is 0.216 e. The highest BCUT2D eigenvalue weighted by atomic mass is 79.9. The second-order valence-electron chi connectivity index (χ2n) is 2.90. The normalized spacial score (nSPS) is 10.6. The molecule has 0 N–H and O–H groups in total. The molecule has 0 atom stereocenters. The predicted octanol–water partition coefficient (Wildman–Crippen LogP) is 2.66. The number of aryl methyl sites for hydroxylation is 1. The molecular formula is C9H6BrClN2O2. The van der Waals surface area contributed by atoms with Crippen LogP contribution in [0.5, 0.6) is 0 Å². The Morgan fingerprint density at radius 2 is 2.40 bits per heavy atom. The average Bonchev–Trinajstić information content (AvgIpc) is 2.73. The molecule has 0 fully saturated rings. The van der Waals surface area contributed by atoms with Crippen molar-refractivity contribution in [3.8, 4) is 0 Å². The predicted molar refractivity (Wildman–Crippen MR) is 58.1 cm³/mol. The number of hydrogen-bond donors (Lipinski definition) is 0. The van der Waals surface area contributed by atoms with E-state index in [0.717, 1.165) is 0 Å². The summed E-state index contributed by atoms with van der Waals surface area (Å²) in [6, 6.07) is 1.58. The van der Waals surface area contributed by atoms with Gasteiger partial charge in [0.05, 0.1) is 23.0 Å². The van der Waals surface area contributed by atoms with E-state index in [2.05, 4.69) is 21.0 Å². The van der Waals surface area contributed by atoms with Crippen LogP contribution in [0.3, 0.4) is 0 Å². The molecule has 0 saturated carbocycles. The third-order valence-electron chi connectivity index (χ3n) is 1.97. The van der Waals surface area contributed by atoms with Crippen molar-refractivity contribution < 1.29 is 9.21 Å². The minimum atomic E-state index is -0.222. The molecule has 2 heterocycles. The van der Waals surface area contributed by atoms with Crippen molar-refractivity contribution in [2.75, 3.05) is 0 Å². The maximum atomic E-state index is 12.0. The van der Waals surface area contributed by atoms with Crippen LogP contribution in [-0.4, -0.2) is 15.6 Å². The van der Waals surface area contributed by atoms with Crippen molar-refractivity contribution in [1.29, 1.82) is 0 Å². The minimum Gasteiger partial charge on any atom is -0.457 e. The van der Waals surface area contributed by atoms with E-state index in [-0.39, 0.29) is 5.78 Å². The molecule has 4 nitrogen and oxygen atoms in total. The summed E-state index contributed by atoms with van der Waals surface area (Å²) in [5, 5.41) is 4.22. The van der Waals surface area contributed by atoms with Gasteiger partial charge in [-0.15, -0.1) is 0 Å². The molecule has 0 unspecified atom stereocenters. The van der Waals surface area contributed by atoms with Gasteiger partial charge in [-0.3, -0.25) is 9.48 Å². The van der Waals surface area contributed by atoms with Crippen LogP contribution in [0.4, 0.5) is 0 Å². The minimum absolute atomic E-state index is 0.222. The molecule has 0 aromatic carbocycles. The van der Waals surface area contributed by atoms with E-state index in [4.69, 9.17) is 16.0 Å². The zero-order valence-electron chi connectivity index (χ0n) is 7.70. The molecule has 0 saturated heterocycles. The fourth-order valence-corrected chi connectivity index (χ4v) is 1.92. The number of hydrogen-bond acceptors (Lipinski definition) is 3. The van der Waals surface area contributed by atoms with Crippen molar-refractivity contribution in [2.45, 2.75) is 0 Å². The van der Waals surface area contributed by atoms with Crippen LogP contribution >= 0.6 is 27.5 Å². The first-order chi connectivity index (χ1) is 7.11. The average molecular weight is 290 g/mol. The first kappa shape index (κ1) is 10.4. The molecule has 2 rings (SSSR count). The number of furan rings is 1. The Balaban J connectivity index is 2.50. The Kier molecular flexibility index (Phi) is 2.67. The molecule has 0 aliphatic heterocycles. The van der Waals surface area contributed by atoms with Gasteiger partial charge >= 0.3 is 0 Å². The molecule has 15 heavy (non-hydrogen) atoms. The van der Waals surface area contributed by atoms with Gasteiger partial charge in [0.15, 0.2) is 4.67 Å². The number of rotatable bonds is 2. The zero-order valence-corrected chi connectivity index (χ0v) is 10.0. The van der Waals surface area contributed by atoms with Crippen molar-refractivity contribution in [2.24, 2.45) is 7.05 Å². The highest BCUT2D eigenvalue weighted by molar-refractivity contribution is 9.10. The summed E-state index contributed by atoms with van der Waals surface area (Å²) in [7, 11) is 1.66. The van der Waals surface area contributed by atoms with Crippen LogP contribution in [0.2, 0.25) is 5.02 Å². The fraction of sp³-hybridized carbons (Fsp3) is 0.111. The van der Waals surface area contributed by atoms with Crippen LogP contribution in [0.15, 0.2) is 27.6 Å². The first-order valence-corrected chi connectivity index (χ1v) is 5.23. The number of aromatic nitrogens is 2. The van der Waals surface area contributed by atoms with Crippen LogP contribution < -0.4 is 0 Å². The molecule has 0 bridgehead atoms. The van der Waals surface area contributed by atoms with E-state index in [1.165, 1.54) is 17.1 Å². The molecule has 0 radical (unpaired) electrons. The number of carbonyl (C=O) groups excluding carboxylic acids is 1. The number of nitrogens with zero attached hydrogens (tertiary/aromatic N) is 2. The zero-order chi connectivity index (χ0) is 11.0. The lowest BCUT2D eigenvalue weighted by Crippen LogP contribution is -2.08. The molecule has 0 spiro atoms. The Hall–Kier alpha value is -1.07. The highest BCUT2D eigenvalue weighted by Gasteiger charge is 2.21. The third-order valence-corrected chi connectivity index (χ3v) is 2.86. The molecule has 6 heteroatoms. The summed E-state index contributed by atoms with van der Waals surface area (Å²) in [4.78, 5) is 12.0. The Morgan fingerprint density at radius 3 is 2.87 bits per heavy atom. The maximum Gasteiger partial charge on any atom is 0.216 e. The van der Waals surface area contributed by atoms with Crippen molar-refractivity contribution >= 4 is 33.3 Å². The SMILES string of the molecule is Cn1ncc(Cl)c1C(=O)c1ccoc1Br. The number of ketones is 1. The van der Waals surface area contributed by atoms with Gasteiger partial charge in [0.25, 0.3) is 0 Å². The number of halogens is 2. The van der Waals surface area contributed by atoms with E-state index in [9.17, 15) is 4.79 Å². The van der Waals surface area contributed by atoms with Crippen molar-refractivity contribution in [3.05, 3.63) is 39.5 Å². The topological polar surface area (TPSA) is 48.0 Å². The summed E-state index contributed by atoms with van der Waals surface area (Å²) >= 11 is 9.00. The lowest BCUT2D eigenvalue weighted by atomic mass is 10.1. The van der Waals surface area contributed by atoms with E-state index < -0.39 is 0 Å². The van der Waals surface area contributed by atoms with Crippen molar-refractivity contribution in [3.63, 3.8) is 0 Å². The van der Waals surface area contributed by atoms with Crippen LogP contribution in [0, 0.1) is 0 Å². The van der Waals surface area contributed by atoms with Gasteiger partial charge < -0.3 is 4.42 Å². The van der Waals surface area contributed by atoms with E-state index in [1.54, 1.807) is 13.1 Å². The molecule has 0 amide bonds. The lowest BCUT2D eigenvalue weighted by Gasteiger charge is -1.99. The van der Waals surface area contributed by atoms with E-state index >= 15 is 0 Å². The number of carbonyl (C=O) groups is 1. The van der Waals surface area contributed by atoms with Gasteiger partial charge in [-0.25, -0.2) is 0 Å². The van der Waals surface area contributed by atoms with Gasteiger partial charge in [0, 0.05) is 7.05 Å². The molecule has 2 aromatic heterocycles.